The first-order valence-electron chi connectivity index (χ1n) is 10.0. The number of hydrogen-bond acceptors (Lipinski definition) is 10. The van der Waals surface area contributed by atoms with Crippen LogP contribution in [0.15, 0.2) is 36.4 Å². The summed E-state index contributed by atoms with van der Waals surface area (Å²) >= 11 is 0. The monoisotopic (exact) mass is 470 g/mol. The van der Waals surface area contributed by atoms with Crippen LogP contribution in [0.1, 0.15) is 42.6 Å². The minimum Gasteiger partial charge on any atom is -0.504 e. The summed E-state index contributed by atoms with van der Waals surface area (Å²) in [5.74, 6) is -3.73. The number of phenols is 1. The third-order valence-corrected chi connectivity index (χ3v) is 4.87. The first kappa shape index (κ1) is 24.3. The van der Waals surface area contributed by atoms with Crippen LogP contribution in [0.4, 0.5) is 0 Å². The number of fused-ring (bicyclic) bond motifs is 1. The summed E-state index contributed by atoms with van der Waals surface area (Å²) in [4.78, 5) is 47.1. The first-order valence-corrected chi connectivity index (χ1v) is 10.0. The summed E-state index contributed by atoms with van der Waals surface area (Å²) in [5.41, 5.74) is 1.15. The zero-order valence-corrected chi connectivity index (χ0v) is 18.8. The van der Waals surface area contributed by atoms with Gasteiger partial charge in [0.05, 0.1) is 14.2 Å². The Kier molecular flexibility index (Phi) is 7.20. The van der Waals surface area contributed by atoms with Crippen molar-refractivity contribution in [2.75, 3.05) is 14.2 Å². The molecule has 2 atom stereocenters. The van der Waals surface area contributed by atoms with Gasteiger partial charge in [0.15, 0.2) is 23.0 Å². The van der Waals surface area contributed by atoms with Gasteiger partial charge < -0.3 is 28.8 Å². The van der Waals surface area contributed by atoms with Crippen LogP contribution in [0.25, 0.3) is 6.08 Å². The second-order valence-corrected chi connectivity index (χ2v) is 7.25. The second kappa shape index (κ2) is 10.1. The summed E-state index contributed by atoms with van der Waals surface area (Å²) in [5, 5.41) is 10.5. The van der Waals surface area contributed by atoms with Gasteiger partial charge in [0, 0.05) is 25.5 Å². The fourth-order valence-corrected chi connectivity index (χ4v) is 3.52. The number of carbonyl (C=O) groups is 4. The number of carbonyl (C=O) groups excluding carboxylic acids is 4. The SMILES string of the molecule is COC(=O)/C=C/c1cc(O)c2c(c1)[C@@H](C(=O)OC)[C@H](c1ccc(OC(C)=O)c(OC(C)=O)c1)O2. The molecule has 0 saturated heterocycles. The molecule has 0 saturated carbocycles. The lowest BCUT2D eigenvalue weighted by atomic mass is 9.90. The van der Waals surface area contributed by atoms with Gasteiger partial charge in [-0.15, -0.1) is 0 Å². The average Bonchev–Trinajstić information content (AvgIpc) is 3.17. The second-order valence-electron chi connectivity index (χ2n) is 7.25. The van der Waals surface area contributed by atoms with E-state index in [2.05, 4.69) is 4.74 Å². The van der Waals surface area contributed by atoms with Crippen LogP contribution < -0.4 is 14.2 Å². The number of rotatable bonds is 6. The van der Waals surface area contributed by atoms with Crippen LogP contribution in [0, 0.1) is 0 Å². The molecule has 0 fully saturated rings. The van der Waals surface area contributed by atoms with E-state index in [1.807, 2.05) is 0 Å². The third-order valence-electron chi connectivity index (χ3n) is 4.87. The summed E-state index contributed by atoms with van der Waals surface area (Å²) in [6, 6.07) is 7.29. The van der Waals surface area contributed by atoms with Crippen molar-refractivity contribution in [1.29, 1.82) is 0 Å². The Bertz CT molecular complexity index is 1180. The molecule has 1 aliphatic rings. The maximum atomic E-state index is 12.7. The molecule has 0 bridgehead atoms. The average molecular weight is 470 g/mol. The van der Waals surface area contributed by atoms with Gasteiger partial charge in [0.2, 0.25) is 0 Å². The van der Waals surface area contributed by atoms with E-state index in [4.69, 9.17) is 18.9 Å². The van der Waals surface area contributed by atoms with Crippen LogP contribution in [0.3, 0.4) is 0 Å². The minimum absolute atomic E-state index is 0.00894. The zero-order chi connectivity index (χ0) is 25.0. The molecule has 1 aliphatic heterocycles. The molecule has 3 rings (SSSR count). The quantitative estimate of drug-likeness (QED) is 0.381. The third kappa shape index (κ3) is 5.17. The molecule has 0 radical (unpaired) electrons. The molecule has 2 aromatic carbocycles. The van der Waals surface area contributed by atoms with Crippen LogP contribution in [0.5, 0.6) is 23.0 Å². The summed E-state index contributed by atoms with van der Waals surface area (Å²) in [6.07, 6.45) is 1.62. The number of benzene rings is 2. The molecule has 0 unspecified atom stereocenters. The molecule has 10 heteroatoms. The van der Waals surface area contributed by atoms with E-state index in [0.29, 0.717) is 16.7 Å². The minimum atomic E-state index is -0.998. The van der Waals surface area contributed by atoms with Crippen molar-refractivity contribution in [2.45, 2.75) is 25.9 Å². The smallest absolute Gasteiger partial charge is 0.330 e. The van der Waals surface area contributed by atoms with E-state index >= 15 is 0 Å². The van der Waals surface area contributed by atoms with Gasteiger partial charge >= 0.3 is 23.9 Å². The maximum Gasteiger partial charge on any atom is 0.330 e. The van der Waals surface area contributed by atoms with E-state index in [1.54, 1.807) is 6.07 Å². The lowest BCUT2D eigenvalue weighted by Gasteiger charge is -2.19. The van der Waals surface area contributed by atoms with E-state index in [1.165, 1.54) is 64.5 Å². The van der Waals surface area contributed by atoms with E-state index in [9.17, 15) is 24.3 Å². The largest absolute Gasteiger partial charge is 0.504 e. The molecular formula is C24H22O10. The summed E-state index contributed by atoms with van der Waals surface area (Å²) < 4.78 is 25.7. The molecule has 1 heterocycles. The Morgan fingerprint density at radius 3 is 2.24 bits per heavy atom. The van der Waals surface area contributed by atoms with Crippen molar-refractivity contribution in [2.24, 2.45) is 0 Å². The molecule has 178 valence electrons. The number of ether oxygens (including phenoxy) is 5. The molecule has 0 spiro atoms. The Balaban J connectivity index is 2.07. The normalized spacial score (nSPS) is 16.4. The topological polar surface area (TPSA) is 135 Å². The van der Waals surface area contributed by atoms with Gasteiger partial charge in [-0.2, -0.15) is 0 Å². The zero-order valence-electron chi connectivity index (χ0n) is 18.8. The van der Waals surface area contributed by atoms with Gasteiger partial charge in [0.25, 0.3) is 0 Å². The molecule has 0 aromatic heterocycles. The molecular weight excluding hydrogens is 448 g/mol. The number of aromatic hydroxyl groups is 1. The van der Waals surface area contributed by atoms with Crippen LogP contribution in [-0.2, 0) is 28.7 Å². The molecule has 10 nitrogen and oxygen atoms in total. The van der Waals surface area contributed by atoms with Crippen molar-refractivity contribution in [3.63, 3.8) is 0 Å². The lowest BCUT2D eigenvalue weighted by Crippen LogP contribution is -2.20. The Labute approximate surface area is 194 Å². The molecule has 34 heavy (non-hydrogen) atoms. The van der Waals surface area contributed by atoms with Crippen LogP contribution in [-0.4, -0.2) is 43.2 Å². The highest BCUT2D eigenvalue weighted by molar-refractivity contribution is 5.88. The number of hydrogen-bond donors (Lipinski definition) is 1. The van der Waals surface area contributed by atoms with Crippen LogP contribution >= 0.6 is 0 Å². The predicted octanol–water partition coefficient (Wildman–Crippen LogP) is 2.82. The summed E-state index contributed by atoms with van der Waals surface area (Å²) in [6.45, 7) is 2.38. The Morgan fingerprint density at radius 1 is 0.941 bits per heavy atom. The first-order chi connectivity index (χ1) is 16.1. The Hall–Kier alpha value is -4.34. The molecule has 1 N–H and O–H groups in total. The highest BCUT2D eigenvalue weighted by Crippen LogP contribution is 2.52. The van der Waals surface area contributed by atoms with Crippen molar-refractivity contribution in [1.82, 2.24) is 0 Å². The van der Waals surface area contributed by atoms with Crippen molar-refractivity contribution in [3.8, 4) is 23.0 Å². The summed E-state index contributed by atoms with van der Waals surface area (Å²) in [7, 11) is 2.45. The molecule has 2 aromatic rings. The van der Waals surface area contributed by atoms with Crippen LogP contribution in [0.2, 0.25) is 0 Å². The van der Waals surface area contributed by atoms with Crippen molar-refractivity contribution >= 4 is 30.0 Å². The van der Waals surface area contributed by atoms with Gasteiger partial charge in [-0.25, -0.2) is 4.79 Å². The predicted molar refractivity (Wildman–Crippen MR) is 116 cm³/mol. The van der Waals surface area contributed by atoms with Gasteiger partial charge in [-0.1, -0.05) is 6.07 Å². The number of esters is 4. The highest BCUT2D eigenvalue weighted by Gasteiger charge is 2.43. The van der Waals surface area contributed by atoms with Gasteiger partial charge in [-0.3, -0.25) is 14.4 Å². The van der Waals surface area contributed by atoms with E-state index in [0.717, 1.165) is 0 Å². The van der Waals surface area contributed by atoms with E-state index < -0.39 is 35.9 Å². The maximum absolute atomic E-state index is 12.7. The van der Waals surface area contributed by atoms with E-state index in [-0.39, 0.29) is 23.0 Å². The fourth-order valence-electron chi connectivity index (χ4n) is 3.52. The standard InChI is InChI=1S/C24H22O10/c1-12(25)32-18-7-6-15(11-19(18)33-13(2)26)22-21(24(29)31-4)16-9-14(5-8-20(28)30-3)10-17(27)23(16)34-22/h5-11,21-22,27H,1-4H3/b8-5+/t21-,22+/m1/s1. The lowest BCUT2D eigenvalue weighted by molar-refractivity contribution is -0.144. The number of methoxy groups -OCH3 is 2. The molecule has 0 aliphatic carbocycles. The fraction of sp³-hybridized carbons (Fsp3) is 0.250. The molecule has 0 amide bonds. The Morgan fingerprint density at radius 2 is 1.62 bits per heavy atom. The van der Waals surface area contributed by atoms with Crippen molar-refractivity contribution in [3.05, 3.63) is 53.1 Å². The number of phenolic OH excluding ortho intramolecular Hbond substituents is 1. The van der Waals surface area contributed by atoms with Crippen molar-refractivity contribution < 1.29 is 48.0 Å². The highest BCUT2D eigenvalue weighted by atomic mass is 16.6. The van der Waals surface area contributed by atoms with Gasteiger partial charge in [-0.05, 0) is 41.5 Å². The van der Waals surface area contributed by atoms with Gasteiger partial charge in [0.1, 0.15) is 12.0 Å².